The number of alkyl carbamates (subject to hydrolysis) is 1. The standard InChI is InChI=1S/C18H18N2O4/c21-16-10-15(17(22)19-14-9-5-4-8-13(14)16)20-18(23)24-11-12-6-2-1-3-7-12/h1-2,4-6,8-9,15H,3,7,10-11H2,(H,19,22)(H,20,23). The molecule has 1 aromatic carbocycles. The van der Waals surface area contributed by atoms with E-state index in [0.717, 1.165) is 18.4 Å². The van der Waals surface area contributed by atoms with Gasteiger partial charge in [-0.15, -0.1) is 0 Å². The first kappa shape index (κ1) is 16.0. The summed E-state index contributed by atoms with van der Waals surface area (Å²) in [5, 5.41) is 5.14. The molecule has 1 atom stereocenters. The summed E-state index contributed by atoms with van der Waals surface area (Å²) in [6, 6.07) is 5.84. The fraction of sp³-hybridized carbons (Fsp3) is 0.278. The van der Waals surface area contributed by atoms with Crippen LogP contribution in [-0.2, 0) is 9.53 Å². The van der Waals surface area contributed by atoms with Gasteiger partial charge in [-0.05, 0) is 30.5 Å². The average molecular weight is 326 g/mol. The molecule has 0 saturated heterocycles. The van der Waals surface area contributed by atoms with E-state index in [1.807, 2.05) is 18.2 Å². The summed E-state index contributed by atoms with van der Waals surface area (Å²) in [4.78, 5) is 36.4. The Labute approximate surface area is 139 Å². The Morgan fingerprint density at radius 2 is 2.12 bits per heavy atom. The number of nitrogens with one attached hydrogen (secondary N) is 2. The van der Waals surface area contributed by atoms with Crippen molar-refractivity contribution in [2.75, 3.05) is 11.9 Å². The highest BCUT2D eigenvalue weighted by Crippen LogP contribution is 2.21. The first-order valence-corrected chi connectivity index (χ1v) is 7.84. The average Bonchev–Trinajstić information content (AvgIpc) is 2.71. The number of rotatable bonds is 3. The quantitative estimate of drug-likeness (QED) is 0.894. The fourth-order valence-corrected chi connectivity index (χ4v) is 2.67. The predicted molar refractivity (Wildman–Crippen MR) is 88.7 cm³/mol. The number of para-hydroxylation sites is 1. The molecule has 124 valence electrons. The highest BCUT2D eigenvalue weighted by Gasteiger charge is 2.30. The number of carbonyl (C=O) groups excluding carboxylic acids is 3. The highest BCUT2D eigenvalue weighted by molar-refractivity contribution is 6.11. The van der Waals surface area contributed by atoms with Gasteiger partial charge in [0.25, 0.3) is 0 Å². The number of allylic oxidation sites excluding steroid dienone is 3. The lowest BCUT2D eigenvalue weighted by atomic mass is 10.0. The van der Waals surface area contributed by atoms with Crippen LogP contribution in [0.3, 0.4) is 0 Å². The number of ketones is 1. The lowest BCUT2D eigenvalue weighted by Gasteiger charge is -2.15. The normalized spacial score (nSPS) is 19.7. The molecule has 6 nitrogen and oxygen atoms in total. The van der Waals surface area contributed by atoms with Crippen molar-refractivity contribution in [3.8, 4) is 0 Å². The maximum absolute atomic E-state index is 12.2. The van der Waals surface area contributed by atoms with Gasteiger partial charge in [0, 0.05) is 12.0 Å². The number of amides is 2. The third kappa shape index (κ3) is 3.71. The van der Waals surface area contributed by atoms with Gasteiger partial charge in [-0.25, -0.2) is 4.79 Å². The monoisotopic (exact) mass is 326 g/mol. The van der Waals surface area contributed by atoms with E-state index in [0.29, 0.717) is 11.3 Å². The van der Waals surface area contributed by atoms with Crippen LogP contribution in [0.2, 0.25) is 0 Å². The molecule has 1 aliphatic carbocycles. The number of anilines is 1. The van der Waals surface area contributed by atoms with Crippen molar-refractivity contribution in [1.29, 1.82) is 0 Å². The van der Waals surface area contributed by atoms with E-state index in [-0.39, 0.29) is 18.8 Å². The van der Waals surface area contributed by atoms with Crippen molar-refractivity contribution in [1.82, 2.24) is 5.32 Å². The molecule has 0 aromatic heterocycles. The van der Waals surface area contributed by atoms with E-state index in [1.165, 1.54) is 0 Å². The van der Waals surface area contributed by atoms with Crippen molar-refractivity contribution >= 4 is 23.5 Å². The summed E-state index contributed by atoms with van der Waals surface area (Å²) in [6.07, 6.45) is 6.86. The molecule has 2 N–H and O–H groups in total. The first-order valence-electron chi connectivity index (χ1n) is 7.84. The Bertz CT molecular complexity index is 736. The van der Waals surface area contributed by atoms with Gasteiger partial charge in [-0.2, -0.15) is 0 Å². The maximum Gasteiger partial charge on any atom is 0.408 e. The first-order chi connectivity index (χ1) is 11.6. The van der Waals surface area contributed by atoms with Gasteiger partial charge < -0.3 is 15.4 Å². The van der Waals surface area contributed by atoms with Crippen LogP contribution in [0, 0.1) is 0 Å². The third-order valence-electron chi connectivity index (χ3n) is 3.97. The van der Waals surface area contributed by atoms with Crippen molar-refractivity contribution < 1.29 is 19.1 Å². The number of ether oxygens (including phenoxy) is 1. The van der Waals surface area contributed by atoms with Gasteiger partial charge in [0.1, 0.15) is 12.6 Å². The van der Waals surface area contributed by atoms with Gasteiger partial charge in [0.05, 0.1) is 5.69 Å². The minimum absolute atomic E-state index is 0.0939. The number of benzene rings is 1. The van der Waals surface area contributed by atoms with Crippen molar-refractivity contribution in [2.45, 2.75) is 25.3 Å². The molecule has 0 saturated carbocycles. The molecule has 1 unspecified atom stereocenters. The molecular formula is C18H18N2O4. The molecule has 0 fully saturated rings. The molecule has 1 aromatic rings. The second-order valence-corrected chi connectivity index (χ2v) is 5.73. The molecule has 0 spiro atoms. The van der Waals surface area contributed by atoms with Gasteiger partial charge >= 0.3 is 6.09 Å². The van der Waals surface area contributed by atoms with Crippen LogP contribution in [0.1, 0.15) is 29.6 Å². The molecule has 3 rings (SSSR count). The molecule has 24 heavy (non-hydrogen) atoms. The van der Waals surface area contributed by atoms with E-state index < -0.39 is 18.0 Å². The Balaban J connectivity index is 1.60. The van der Waals surface area contributed by atoms with Gasteiger partial charge in [0.2, 0.25) is 5.91 Å². The van der Waals surface area contributed by atoms with E-state index in [9.17, 15) is 14.4 Å². The van der Waals surface area contributed by atoms with Crippen LogP contribution in [-0.4, -0.2) is 30.4 Å². The van der Waals surface area contributed by atoms with E-state index in [2.05, 4.69) is 10.6 Å². The smallest absolute Gasteiger partial charge is 0.408 e. The summed E-state index contributed by atoms with van der Waals surface area (Å²) in [6.45, 7) is 0.179. The van der Waals surface area contributed by atoms with Crippen molar-refractivity contribution in [3.63, 3.8) is 0 Å². The van der Waals surface area contributed by atoms with E-state index in [1.54, 1.807) is 24.3 Å². The van der Waals surface area contributed by atoms with Crippen molar-refractivity contribution in [3.05, 3.63) is 53.6 Å². The Morgan fingerprint density at radius 3 is 2.92 bits per heavy atom. The van der Waals surface area contributed by atoms with E-state index >= 15 is 0 Å². The summed E-state index contributed by atoms with van der Waals surface area (Å²) in [7, 11) is 0. The number of Topliss-reactive ketones (excluding diaryl/α,β-unsaturated/α-hetero) is 1. The lowest BCUT2D eigenvalue weighted by molar-refractivity contribution is -0.118. The molecule has 0 radical (unpaired) electrons. The Hall–Kier alpha value is -2.89. The summed E-state index contributed by atoms with van der Waals surface area (Å²) >= 11 is 0. The minimum Gasteiger partial charge on any atom is -0.445 e. The number of fused-ring (bicyclic) bond motifs is 1. The topological polar surface area (TPSA) is 84.5 Å². The summed E-state index contributed by atoms with van der Waals surface area (Å²) < 4.78 is 5.14. The maximum atomic E-state index is 12.2. The van der Waals surface area contributed by atoms with Gasteiger partial charge in [-0.1, -0.05) is 30.4 Å². The number of carbonyl (C=O) groups is 3. The molecule has 0 bridgehead atoms. The molecular weight excluding hydrogens is 308 g/mol. The summed E-state index contributed by atoms with van der Waals surface area (Å²) in [5.41, 5.74) is 1.92. The van der Waals surface area contributed by atoms with Crippen molar-refractivity contribution in [2.24, 2.45) is 0 Å². The van der Waals surface area contributed by atoms with Crippen LogP contribution in [0.25, 0.3) is 0 Å². The van der Waals surface area contributed by atoms with E-state index in [4.69, 9.17) is 4.74 Å². The molecule has 6 heteroatoms. The largest absolute Gasteiger partial charge is 0.445 e. The molecule has 2 amide bonds. The van der Waals surface area contributed by atoms with Crippen LogP contribution >= 0.6 is 0 Å². The second kappa shape index (κ2) is 7.12. The van der Waals surface area contributed by atoms with Crippen LogP contribution < -0.4 is 10.6 Å². The van der Waals surface area contributed by atoms with Crippen LogP contribution in [0.4, 0.5) is 10.5 Å². The fourth-order valence-electron chi connectivity index (χ4n) is 2.67. The third-order valence-corrected chi connectivity index (χ3v) is 3.97. The Morgan fingerprint density at radius 1 is 1.29 bits per heavy atom. The minimum atomic E-state index is -0.947. The lowest BCUT2D eigenvalue weighted by Crippen LogP contribution is -2.44. The second-order valence-electron chi connectivity index (χ2n) is 5.73. The number of hydrogen-bond donors (Lipinski definition) is 2. The number of hydrogen-bond acceptors (Lipinski definition) is 4. The van der Waals surface area contributed by atoms with Crippen LogP contribution in [0.15, 0.2) is 48.1 Å². The predicted octanol–water partition coefficient (Wildman–Crippen LogP) is 2.58. The highest BCUT2D eigenvalue weighted by atomic mass is 16.5. The van der Waals surface area contributed by atoms with Gasteiger partial charge in [0.15, 0.2) is 5.78 Å². The molecule has 1 aliphatic heterocycles. The zero-order valence-corrected chi connectivity index (χ0v) is 13.1. The molecule has 2 aliphatic rings. The van der Waals surface area contributed by atoms with Gasteiger partial charge in [-0.3, -0.25) is 9.59 Å². The van der Waals surface area contributed by atoms with Crippen LogP contribution in [0.5, 0.6) is 0 Å². The summed E-state index contributed by atoms with van der Waals surface area (Å²) in [5.74, 6) is -0.626. The Kier molecular flexibility index (Phi) is 4.74. The zero-order valence-electron chi connectivity index (χ0n) is 13.1. The molecule has 1 heterocycles. The SMILES string of the molecule is O=C(NC1CC(=O)c2ccccc2NC1=O)OCC1=CC=CCC1. The zero-order chi connectivity index (χ0) is 16.9.